The Labute approximate surface area is 141 Å². The first-order valence-corrected chi connectivity index (χ1v) is 7.55. The summed E-state index contributed by atoms with van der Waals surface area (Å²) in [6.45, 7) is 3.93. The van der Waals surface area contributed by atoms with Gasteiger partial charge in [0.15, 0.2) is 0 Å². The van der Waals surface area contributed by atoms with Crippen LogP contribution in [-0.4, -0.2) is 25.5 Å². The molecule has 2 aromatic carbocycles. The zero-order valence-electron chi connectivity index (χ0n) is 13.5. The second-order valence-electron chi connectivity index (χ2n) is 5.12. The van der Waals surface area contributed by atoms with Crippen LogP contribution in [0.2, 0.25) is 0 Å². The number of para-hydroxylation sites is 1. The summed E-state index contributed by atoms with van der Waals surface area (Å²) in [5.74, 6) is 0.240. The SMILES string of the molecule is C=CCNC(=O)c1ccccc1NC(=O)Cc1cccc(OC)c1. The molecule has 2 aromatic rings. The van der Waals surface area contributed by atoms with Gasteiger partial charge in [-0.2, -0.15) is 0 Å². The minimum Gasteiger partial charge on any atom is -0.497 e. The summed E-state index contributed by atoms with van der Waals surface area (Å²) in [4.78, 5) is 24.4. The third-order valence-electron chi connectivity index (χ3n) is 3.35. The van der Waals surface area contributed by atoms with Crippen molar-refractivity contribution >= 4 is 17.5 Å². The van der Waals surface area contributed by atoms with Gasteiger partial charge in [-0.25, -0.2) is 0 Å². The number of methoxy groups -OCH3 is 1. The van der Waals surface area contributed by atoms with Crippen LogP contribution in [0.5, 0.6) is 5.75 Å². The first-order valence-electron chi connectivity index (χ1n) is 7.55. The first-order chi connectivity index (χ1) is 11.6. The minimum atomic E-state index is -0.257. The van der Waals surface area contributed by atoms with Gasteiger partial charge in [-0.05, 0) is 29.8 Å². The lowest BCUT2D eigenvalue weighted by Crippen LogP contribution is -2.25. The lowest BCUT2D eigenvalue weighted by Gasteiger charge is -2.11. The van der Waals surface area contributed by atoms with E-state index in [9.17, 15) is 9.59 Å². The molecule has 0 saturated heterocycles. The van der Waals surface area contributed by atoms with Crippen LogP contribution in [0.15, 0.2) is 61.2 Å². The summed E-state index contributed by atoms with van der Waals surface area (Å²) >= 11 is 0. The van der Waals surface area contributed by atoms with Gasteiger partial charge in [-0.1, -0.05) is 30.3 Å². The fraction of sp³-hybridized carbons (Fsp3) is 0.158. The first kappa shape index (κ1) is 17.3. The minimum absolute atomic E-state index is 0.194. The molecule has 0 aliphatic carbocycles. The van der Waals surface area contributed by atoms with Crippen molar-refractivity contribution in [3.05, 3.63) is 72.3 Å². The lowest BCUT2D eigenvalue weighted by molar-refractivity contribution is -0.115. The molecule has 24 heavy (non-hydrogen) atoms. The van der Waals surface area contributed by atoms with E-state index in [1.807, 2.05) is 24.3 Å². The van der Waals surface area contributed by atoms with Crippen LogP contribution < -0.4 is 15.4 Å². The molecular weight excluding hydrogens is 304 g/mol. The third kappa shape index (κ3) is 4.71. The number of carbonyl (C=O) groups is 2. The molecule has 5 nitrogen and oxygen atoms in total. The van der Waals surface area contributed by atoms with Crippen LogP contribution in [0, 0.1) is 0 Å². The Kier molecular flexibility index (Phi) is 6.14. The third-order valence-corrected chi connectivity index (χ3v) is 3.35. The quantitative estimate of drug-likeness (QED) is 0.770. The van der Waals surface area contributed by atoms with E-state index in [4.69, 9.17) is 4.74 Å². The van der Waals surface area contributed by atoms with Crippen LogP contribution in [0.4, 0.5) is 5.69 Å². The molecule has 2 N–H and O–H groups in total. The molecular formula is C19H20N2O3. The van der Waals surface area contributed by atoms with Gasteiger partial charge >= 0.3 is 0 Å². The molecule has 0 atom stereocenters. The maximum atomic E-state index is 12.3. The summed E-state index contributed by atoms with van der Waals surface area (Å²) in [5, 5.41) is 5.49. The second kappa shape index (κ2) is 8.53. The van der Waals surface area contributed by atoms with Crippen molar-refractivity contribution in [3.8, 4) is 5.75 Å². The molecule has 0 spiro atoms. The molecule has 0 saturated carbocycles. The summed E-state index contributed by atoms with van der Waals surface area (Å²) in [6, 6.07) is 14.2. The molecule has 0 aliphatic rings. The van der Waals surface area contributed by atoms with E-state index in [1.165, 1.54) is 0 Å². The van der Waals surface area contributed by atoms with Gasteiger partial charge in [-0.3, -0.25) is 9.59 Å². The smallest absolute Gasteiger partial charge is 0.253 e. The fourth-order valence-electron chi connectivity index (χ4n) is 2.21. The van der Waals surface area contributed by atoms with Crippen LogP contribution in [0.3, 0.4) is 0 Å². The number of rotatable bonds is 7. The Morgan fingerprint density at radius 2 is 1.96 bits per heavy atom. The van der Waals surface area contributed by atoms with Crippen LogP contribution in [0.25, 0.3) is 0 Å². The number of hydrogen-bond donors (Lipinski definition) is 2. The molecule has 0 bridgehead atoms. The monoisotopic (exact) mass is 324 g/mol. The number of nitrogens with one attached hydrogen (secondary N) is 2. The summed E-state index contributed by atoms with van der Waals surface area (Å²) in [5.41, 5.74) is 1.73. The van der Waals surface area contributed by atoms with E-state index in [0.29, 0.717) is 23.5 Å². The highest BCUT2D eigenvalue weighted by Crippen LogP contribution is 2.17. The Balaban J connectivity index is 2.08. The van der Waals surface area contributed by atoms with Crippen molar-refractivity contribution in [2.24, 2.45) is 0 Å². The van der Waals surface area contributed by atoms with Crippen LogP contribution in [0.1, 0.15) is 15.9 Å². The Bertz CT molecular complexity index is 741. The van der Waals surface area contributed by atoms with Crippen molar-refractivity contribution in [3.63, 3.8) is 0 Å². The van der Waals surface area contributed by atoms with Crippen LogP contribution >= 0.6 is 0 Å². The van der Waals surface area contributed by atoms with Gasteiger partial charge in [0.1, 0.15) is 5.75 Å². The maximum absolute atomic E-state index is 12.3. The average Bonchev–Trinajstić information content (AvgIpc) is 2.60. The van der Waals surface area contributed by atoms with Gasteiger partial charge in [-0.15, -0.1) is 6.58 Å². The predicted octanol–water partition coefficient (Wildman–Crippen LogP) is 2.79. The van der Waals surface area contributed by atoms with Crippen molar-refractivity contribution < 1.29 is 14.3 Å². The van der Waals surface area contributed by atoms with E-state index >= 15 is 0 Å². The Morgan fingerprint density at radius 3 is 2.71 bits per heavy atom. The molecule has 0 aliphatic heterocycles. The Hall–Kier alpha value is -3.08. The van der Waals surface area contributed by atoms with Gasteiger partial charge in [0, 0.05) is 6.54 Å². The highest BCUT2D eigenvalue weighted by Gasteiger charge is 2.12. The van der Waals surface area contributed by atoms with Crippen molar-refractivity contribution in [1.29, 1.82) is 0 Å². The van der Waals surface area contributed by atoms with E-state index in [-0.39, 0.29) is 18.2 Å². The van der Waals surface area contributed by atoms with Crippen molar-refractivity contribution in [1.82, 2.24) is 5.32 Å². The molecule has 5 heteroatoms. The molecule has 2 rings (SSSR count). The molecule has 2 amide bonds. The molecule has 0 heterocycles. The van der Waals surface area contributed by atoms with Crippen molar-refractivity contribution in [2.75, 3.05) is 19.0 Å². The fourth-order valence-corrected chi connectivity index (χ4v) is 2.21. The maximum Gasteiger partial charge on any atom is 0.253 e. The normalized spacial score (nSPS) is 9.88. The number of carbonyl (C=O) groups excluding carboxylic acids is 2. The number of anilines is 1. The van der Waals surface area contributed by atoms with Crippen LogP contribution in [-0.2, 0) is 11.2 Å². The van der Waals surface area contributed by atoms with E-state index < -0.39 is 0 Å². The average molecular weight is 324 g/mol. The highest BCUT2D eigenvalue weighted by molar-refractivity contribution is 6.04. The number of benzene rings is 2. The summed E-state index contributed by atoms with van der Waals surface area (Å²) in [7, 11) is 1.58. The lowest BCUT2D eigenvalue weighted by atomic mass is 10.1. The van der Waals surface area contributed by atoms with Crippen molar-refractivity contribution in [2.45, 2.75) is 6.42 Å². The standard InChI is InChI=1S/C19H20N2O3/c1-3-11-20-19(23)16-9-4-5-10-17(16)21-18(22)13-14-7-6-8-15(12-14)24-2/h3-10,12H,1,11,13H2,2H3,(H,20,23)(H,21,22). The molecule has 0 unspecified atom stereocenters. The van der Waals surface area contributed by atoms with E-state index in [1.54, 1.807) is 37.5 Å². The van der Waals surface area contributed by atoms with E-state index in [0.717, 1.165) is 5.56 Å². The summed E-state index contributed by atoms with van der Waals surface area (Å²) < 4.78 is 5.15. The zero-order valence-corrected chi connectivity index (χ0v) is 13.5. The molecule has 0 fully saturated rings. The summed E-state index contributed by atoms with van der Waals surface area (Å²) in [6.07, 6.45) is 1.79. The highest BCUT2D eigenvalue weighted by atomic mass is 16.5. The van der Waals surface area contributed by atoms with Gasteiger partial charge in [0.05, 0.1) is 24.8 Å². The zero-order chi connectivity index (χ0) is 17.4. The largest absolute Gasteiger partial charge is 0.497 e. The molecule has 0 aromatic heterocycles. The number of hydrogen-bond acceptors (Lipinski definition) is 3. The van der Waals surface area contributed by atoms with E-state index in [2.05, 4.69) is 17.2 Å². The van der Waals surface area contributed by atoms with Gasteiger partial charge < -0.3 is 15.4 Å². The van der Waals surface area contributed by atoms with Gasteiger partial charge in [0.2, 0.25) is 5.91 Å². The topological polar surface area (TPSA) is 67.4 Å². The predicted molar refractivity (Wildman–Crippen MR) is 94.3 cm³/mol. The van der Waals surface area contributed by atoms with Gasteiger partial charge in [0.25, 0.3) is 5.91 Å². The number of amides is 2. The molecule has 124 valence electrons. The molecule has 0 radical (unpaired) electrons. The Morgan fingerprint density at radius 1 is 1.17 bits per heavy atom. The second-order valence-corrected chi connectivity index (χ2v) is 5.12. The number of ether oxygens (including phenoxy) is 1.